The van der Waals surface area contributed by atoms with Crippen molar-refractivity contribution in [2.45, 2.75) is 39.5 Å². The van der Waals surface area contributed by atoms with Crippen LogP contribution in [0.25, 0.3) is 11.6 Å². The van der Waals surface area contributed by atoms with Crippen LogP contribution in [0, 0.1) is 0 Å². The first kappa shape index (κ1) is 18.1. The first-order valence-electron chi connectivity index (χ1n) is 9.16. The fourth-order valence-electron chi connectivity index (χ4n) is 3.28. The van der Waals surface area contributed by atoms with Crippen LogP contribution in [-0.2, 0) is 22.4 Å². The molecule has 0 saturated carbocycles. The van der Waals surface area contributed by atoms with Gasteiger partial charge in [0.2, 0.25) is 0 Å². The molecule has 1 aliphatic rings. The second-order valence-electron chi connectivity index (χ2n) is 6.69. The number of carbonyl (C=O) groups excluding carboxylic acids is 2. The van der Waals surface area contributed by atoms with Gasteiger partial charge in [-0.3, -0.25) is 4.79 Å². The Kier molecular flexibility index (Phi) is 5.67. The summed E-state index contributed by atoms with van der Waals surface area (Å²) in [6, 6.07) is 13.9. The van der Waals surface area contributed by atoms with Crippen molar-refractivity contribution in [1.29, 1.82) is 0 Å². The van der Waals surface area contributed by atoms with E-state index in [0.29, 0.717) is 30.8 Å². The number of aryl methyl sites for hydroxylation is 2. The quantitative estimate of drug-likeness (QED) is 0.450. The Morgan fingerprint density at radius 1 is 0.962 bits per heavy atom. The molecule has 0 amide bonds. The van der Waals surface area contributed by atoms with Crippen LogP contribution in [0.4, 0.5) is 0 Å². The number of ether oxygens (including phenoxy) is 1. The van der Waals surface area contributed by atoms with Gasteiger partial charge < -0.3 is 4.74 Å². The first-order chi connectivity index (χ1) is 12.6. The second-order valence-corrected chi connectivity index (χ2v) is 6.69. The lowest BCUT2D eigenvalue weighted by molar-refractivity contribution is -0.118. The normalized spacial score (nSPS) is 14.5. The van der Waals surface area contributed by atoms with Gasteiger partial charge in [-0.15, -0.1) is 0 Å². The van der Waals surface area contributed by atoms with Gasteiger partial charge >= 0.3 is 5.97 Å². The van der Waals surface area contributed by atoms with Crippen molar-refractivity contribution in [3.05, 3.63) is 70.3 Å². The number of esters is 1. The molecule has 0 bridgehead atoms. The summed E-state index contributed by atoms with van der Waals surface area (Å²) >= 11 is 0. The van der Waals surface area contributed by atoms with Crippen LogP contribution in [0.3, 0.4) is 0 Å². The summed E-state index contributed by atoms with van der Waals surface area (Å²) in [7, 11) is 0. The lowest BCUT2D eigenvalue weighted by Gasteiger charge is -2.09. The number of fused-ring (bicyclic) bond motifs is 1. The van der Waals surface area contributed by atoms with Crippen LogP contribution < -0.4 is 0 Å². The van der Waals surface area contributed by atoms with Crippen molar-refractivity contribution in [3.8, 4) is 0 Å². The third-order valence-corrected chi connectivity index (χ3v) is 4.81. The molecule has 0 unspecified atom stereocenters. The van der Waals surface area contributed by atoms with Crippen LogP contribution in [0.2, 0.25) is 0 Å². The molecule has 0 N–H and O–H groups in total. The average molecular weight is 348 g/mol. The maximum Gasteiger partial charge on any atom is 0.338 e. The van der Waals surface area contributed by atoms with Crippen molar-refractivity contribution in [1.82, 2.24) is 0 Å². The van der Waals surface area contributed by atoms with Crippen LogP contribution in [0.5, 0.6) is 0 Å². The Balaban J connectivity index is 1.79. The molecular weight excluding hydrogens is 324 g/mol. The summed E-state index contributed by atoms with van der Waals surface area (Å²) in [5.41, 5.74) is 6.53. The molecule has 26 heavy (non-hydrogen) atoms. The van der Waals surface area contributed by atoms with E-state index in [9.17, 15) is 9.59 Å². The van der Waals surface area contributed by atoms with Crippen LogP contribution in [0.15, 0.2) is 42.5 Å². The number of hydrogen-bond acceptors (Lipinski definition) is 3. The minimum atomic E-state index is -0.292. The molecule has 0 saturated heterocycles. The molecule has 3 heteroatoms. The van der Waals surface area contributed by atoms with E-state index in [1.165, 1.54) is 16.7 Å². The Morgan fingerprint density at radius 3 is 2.31 bits per heavy atom. The zero-order valence-electron chi connectivity index (χ0n) is 15.4. The number of ketones is 1. The van der Waals surface area contributed by atoms with E-state index in [0.717, 1.165) is 24.0 Å². The number of Topliss-reactive ketones (excluding diaryl/α,β-unsaturated/α-hetero) is 1. The van der Waals surface area contributed by atoms with Gasteiger partial charge in [-0.05, 0) is 66.6 Å². The first-order valence-corrected chi connectivity index (χ1v) is 9.16. The Hall–Kier alpha value is -2.68. The molecule has 0 atom stereocenters. The molecule has 1 aliphatic carbocycles. The fraction of sp³-hybridized carbons (Fsp3) is 0.304. The summed E-state index contributed by atoms with van der Waals surface area (Å²) in [4.78, 5) is 23.4. The van der Waals surface area contributed by atoms with E-state index in [1.807, 2.05) is 12.1 Å². The van der Waals surface area contributed by atoms with Crippen molar-refractivity contribution in [3.63, 3.8) is 0 Å². The monoisotopic (exact) mass is 348 g/mol. The molecule has 3 rings (SSSR count). The van der Waals surface area contributed by atoms with E-state index >= 15 is 0 Å². The van der Waals surface area contributed by atoms with Crippen molar-refractivity contribution < 1.29 is 14.3 Å². The zero-order valence-corrected chi connectivity index (χ0v) is 15.4. The van der Waals surface area contributed by atoms with Crippen molar-refractivity contribution in [2.75, 3.05) is 6.61 Å². The van der Waals surface area contributed by atoms with E-state index < -0.39 is 0 Å². The number of allylic oxidation sites excluding steroid dienone is 1. The van der Waals surface area contributed by atoms with Gasteiger partial charge in [-0.25, -0.2) is 4.79 Å². The van der Waals surface area contributed by atoms with Crippen molar-refractivity contribution in [2.24, 2.45) is 0 Å². The Bertz CT molecular complexity index is 844. The van der Waals surface area contributed by atoms with Gasteiger partial charge in [0.25, 0.3) is 0 Å². The summed E-state index contributed by atoms with van der Waals surface area (Å²) < 4.78 is 5.01. The van der Waals surface area contributed by atoms with Gasteiger partial charge in [-0.1, -0.05) is 36.4 Å². The number of rotatable bonds is 4. The molecule has 0 fully saturated rings. The predicted octanol–water partition coefficient (Wildman–Crippen LogP) is 4.87. The molecule has 0 radical (unpaired) electrons. The maximum atomic E-state index is 11.7. The molecule has 0 heterocycles. The highest BCUT2D eigenvalue weighted by Crippen LogP contribution is 2.25. The number of hydrogen-bond donors (Lipinski definition) is 0. The fourth-order valence-corrected chi connectivity index (χ4v) is 3.28. The molecule has 2 aromatic carbocycles. The lowest BCUT2D eigenvalue weighted by atomic mass is 9.96. The van der Waals surface area contributed by atoms with Gasteiger partial charge in [0.15, 0.2) is 0 Å². The number of carbonyl (C=O) groups is 2. The highest BCUT2D eigenvalue weighted by molar-refractivity contribution is 5.90. The summed E-state index contributed by atoms with van der Waals surface area (Å²) in [6.45, 7) is 4.27. The third-order valence-electron chi connectivity index (χ3n) is 4.81. The molecule has 134 valence electrons. The summed E-state index contributed by atoms with van der Waals surface area (Å²) in [6.07, 6.45) is 5.11. The minimum Gasteiger partial charge on any atom is -0.462 e. The topological polar surface area (TPSA) is 43.4 Å². The van der Waals surface area contributed by atoms with Crippen LogP contribution in [0.1, 0.15) is 59.3 Å². The standard InChI is InChI=1S/C23H24O3/c1-3-26-23(25)19-6-4-17(5-7-19)14-16(2)20-9-8-18-10-12-22(24)13-11-21(18)15-20/h4-9,14-15H,3,10-13H2,1-2H3. The largest absolute Gasteiger partial charge is 0.462 e. The molecule has 3 nitrogen and oxygen atoms in total. The predicted molar refractivity (Wildman–Crippen MR) is 104 cm³/mol. The van der Waals surface area contributed by atoms with Gasteiger partial charge in [0.1, 0.15) is 5.78 Å². The van der Waals surface area contributed by atoms with Crippen molar-refractivity contribution >= 4 is 23.4 Å². The minimum absolute atomic E-state index is 0.292. The average Bonchev–Trinajstić information content (AvgIpc) is 2.84. The molecule has 0 aliphatic heterocycles. The van der Waals surface area contributed by atoms with E-state index in [1.54, 1.807) is 19.1 Å². The Morgan fingerprint density at radius 2 is 1.62 bits per heavy atom. The Labute approximate surface area is 154 Å². The number of benzene rings is 2. The second kappa shape index (κ2) is 8.13. The van der Waals surface area contributed by atoms with E-state index in [-0.39, 0.29) is 5.97 Å². The SMILES string of the molecule is CCOC(=O)c1ccc(C=C(C)c2ccc3c(c2)CCC(=O)CC3)cc1. The summed E-state index contributed by atoms with van der Waals surface area (Å²) in [5.74, 6) is 0.0664. The van der Waals surface area contributed by atoms with E-state index in [4.69, 9.17) is 4.74 Å². The summed E-state index contributed by atoms with van der Waals surface area (Å²) in [5, 5.41) is 0. The maximum absolute atomic E-state index is 11.7. The lowest BCUT2D eigenvalue weighted by Crippen LogP contribution is -2.03. The highest BCUT2D eigenvalue weighted by atomic mass is 16.5. The van der Waals surface area contributed by atoms with Gasteiger partial charge in [0.05, 0.1) is 12.2 Å². The molecular formula is C23H24O3. The molecule has 0 aromatic heterocycles. The van der Waals surface area contributed by atoms with Gasteiger partial charge in [0, 0.05) is 12.8 Å². The smallest absolute Gasteiger partial charge is 0.338 e. The van der Waals surface area contributed by atoms with E-state index in [2.05, 4.69) is 31.2 Å². The zero-order chi connectivity index (χ0) is 18.5. The van der Waals surface area contributed by atoms with Gasteiger partial charge in [-0.2, -0.15) is 0 Å². The highest BCUT2D eigenvalue weighted by Gasteiger charge is 2.13. The van der Waals surface area contributed by atoms with Crippen LogP contribution in [-0.4, -0.2) is 18.4 Å². The van der Waals surface area contributed by atoms with Crippen LogP contribution >= 0.6 is 0 Å². The molecule has 0 spiro atoms. The third kappa shape index (κ3) is 4.29. The molecule has 2 aromatic rings.